The molecule has 152 valence electrons. The molecular weight excluding hydrogens is 380 g/mol. The zero-order valence-electron chi connectivity index (χ0n) is 16.8. The number of imidazole rings is 1. The normalized spacial score (nSPS) is 10.7. The van der Waals surface area contributed by atoms with Crippen LogP contribution in [0, 0.1) is 6.92 Å². The molecule has 0 spiro atoms. The molecule has 0 bridgehead atoms. The van der Waals surface area contributed by atoms with Crippen LogP contribution in [0.5, 0.6) is 5.75 Å². The van der Waals surface area contributed by atoms with E-state index in [1.807, 2.05) is 54.1 Å². The van der Waals surface area contributed by atoms with Gasteiger partial charge in [0.1, 0.15) is 5.75 Å². The Kier molecular flexibility index (Phi) is 5.56. The lowest BCUT2D eigenvalue weighted by Crippen LogP contribution is -2.24. The van der Waals surface area contributed by atoms with Crippen molar-refractivity contribution >= 4 is 5.91 Å². The van der Waals surface area contributed by atoms with Crippen molar-refractivity contribution < 1.29 is 9.53 Å². The van der Waals surface area contributed by atoms with E-state index >= 15 is 0 Å². The predicted molar refractivity (Wildman–Crippen MR) is 112 cm³/mol. The van der Waals surface area contributed by atoms with Gasteiger partial charge in [-0.25, -0.2) is 9.67 Å². The number of aromatic nitrogens is 5. The zero-order valence-corrected chi connectivity index (χ0v) is 16.8. The molecule has 4 aromatic rings. The molecule has 2 heterocycles. The van der Waals surface area contributed by atoms with Gasteiger partial charge in [0.2, 0.25) is 0 Å². The van der Waals surface area contributed by atoms with Crippen LogP contribution in [0.3, 0.4) is 0 Å². The highest BCUT2D eigenvalue weighted by Gasteiger charge is 2.17. The van der Waals surface area contributed by atoms with Crippen molar-refractivity contribution in [3.8, 4) is 11.4 Å². The molecule has 1 N–H and O–H groups in total. The Balaban J connectivity index is 1.44. The standard InChI is InChI=1S/C22H22N6O2/c1-16-21(25-26-28(16)19-7-4-8-20(12-19)30-2)22(29)24-13-17-5-3-6-18(11-17)14-27-10-9-23-15-27/h3-12,15H,13-14H2,1-2H3,(H,24,29). The number of carbonyl (C=O) groups is 1. The third-order valence-corrected chi connectivity index (χ3v) is 4.78. The van der Waals surface area contributed by atoms with Gasteiger partial charge in [-0.3, -0.25) is 4.79 Å². The maximum Gasteiger partial charge on any atom is 0.274 e. The molecule has 2 aromatic heterocycles. The van der Waals surface area contributed by atoms with Crippen LogP contribution in [0.1, 0.15) is 27.3 Å². The number of ether oxygens (including phenoxy) is 1. The van der Waals surface area contributed by atoms with E-state index in [0.29, 0.717) is 23.7 Å². The third kappa shape index (κ3) is 4.22. The molecule has 8 heteroatoms. The van der Waals surface area contributed by atoms with Crippen molar-refractivity contribution in [2.45, 2.75) is 20.0 Å². The topological polar surface area (TPSA) is 86.9 Å². The molecule has 1 amide bonds. The Labute approximate surface area is 174 Å². The third-order valence-electron chi connectivity index (χ3n) is 4.78. The monoisotopic (exact) mass is 402 g/mol. The van der Waals surface area contributed by atoms with Crippen LogP contribution >= 0.6 is 0 Å². The average Bonchev–Trinajstić information content (AvgIpc) is 3.42. The van der Waals surface area contributed by atoms with Crippen LogP contribution in [-0.2, 0) is 13.1 Å². The zero-order chi connectivity index (χ0) is 20.9. The van der Waals surface area contributed by atoms with E-state index in [9.17, 15) is 4.79 Å². The van der Waals surface area contributed by atoms with Gasteiger partial charge >= 0.3 is 0 Å². The van der Waals surface area contributed by atoms with Crippen LogP contribution in [0.15, 0.2) is 67.3 Å². The Hall–Kier alpha value is -3.94. The second-order valence-corrected chi connectivity index (χ2v) is 6.87. The fourth-order valence-electron chi connectivity index (χ4n) is 3.22. The van der Waals surface area contributed by atoms with Crippen LogP contribution in [0.25, 0.3) is 5.69 Å². The molecule has 0 aliphatic rings. The lowest BCUT2D eigenvalue weighted by atomic mass is 10.1. The Bertz CT molecular complexity index is 1150. The summed E-state index contributed by atoms with van der Waals surface area (Å²) in [5, 5.41) is 11.1. The van der Waals surface area contributed by atoms with Crippen LogP contribution in [-0.4, -0.2) is 37.6 Å². The molecule has 0 atom stereocenters. The summed E-state index contributed by atoms with van der Waals surface area (Å²) in [4.78, 5) is 16.7. The Morgan fingerprint density at radius 2 is 1.97 bits per heavy atom. The van der Waals surface area contributed by atoms with Gasteiger partial charge in [-0.05, 0) is 30.2 Å². The summed E-state index contributed by atoms with van der Waals surface area (Å²) in [6.07, 6.45) is 5.46. The second kappa shape index (κ2) is 8.60. The summed E-state index contributed by atoms with van der Waals surface area (Å²) in [6, 6.07) is 15.5. The maximum atomic E-state index is 12.7. The molecule has 0 aliphatic carbocycles. The van der Waals surface area contributed by atoms with Gasteiger partial charge in [0.05, 0.1) is 24.8 Å². The molecule has 0 saturated carbocycles. The maximum absolute atomic E-state index is 12.7. The lowest BCUT2D eigenvalue weighted by molar-refractivity contribution is 0.0945. The number of hydrogen-bond acceptors (Lipinski definition) is 5. The van der Waals surface area contributed by atoms with Crippen LogP contribution in [0.4, 0.5) is 0 Å². The lowest BCUT2D eigenvalue weighted by Gasteiger charge is -2.08. The molecule has 0 aliphatic heterocycles. The number of nitrogens with zero attached hydrogens (tertiary/aromatic N) is 5. The second-order valence-electron chi connectivity index (χ2n) is 6.87. The Morgan fingerprint density at radius 1 is 1.13 bits per heavy atom. The van der Waals surface area contributed by atoms with Crippen LogP contribution in [0.2, 0.25) is 0 Å². The number of hydrogen-bond donors (Lipinski definition) is 1. The smallest absolute Gasteiger partial charge is 0.274 e. The van der Waals surface area contributed by atoms with Crippen molar-refractivity contribution in [1.29, 1.82) is 0 Å². The summed E-state index contributed by atoms with van der Waals surface area (Å²) in [6.45, 7) is 2.96. The quantitative estimate of drug-likeness (QED) is 0.514. The summed E-state index contributed by atoms with van der Waals surface area (Å²) >= 11 is 0. The van der Waals surface area contributed by atoms with Crippen LogP contribution < -0.4 is 10.1 Å². The van der Waals surface area contributed by atoms with Gasteiger partial charge in [-0.15, -0.1) is 5.10 Å². The van der Waals surface area contributed by atoms with E-state index in [1.54, 1.807) is 24.3 Å². The average molecular weight is 402 g/mol. The molecular formula is C22H22N6O2. The molecule has 0 saturated heterocycles. The highest BCUT2D eigenvalue weighted by Crippen LogP contribution is 2.18. The van der Waals surface area contributed by atoms with E-state index < -0.39 is 0 Å². The van der Waals surface area contributed by atoms with Gasteiger partial charge in [-0.2, -0.15) is 0 Å². The first-order chi connectivity index (χ1) is 14.6. The van der Waals surface area contributed by atoms with Crippen molar-refractivity contribution in [1.82, 2.24) is 29.9 Å². The van der Waals surface area contributed by atoms with Gasteiger partial charge in [0.15, 0.2) is 5.69 Å². The summed E-state index contributed by atoms with van der Waals surface area (Å²) in [7, 11) is 1.61. The molecule has 30 heavy (non-hydrogen) atoms. The fourth-order valence-corrected chi connectivity index (χ4v) is 3.22. The number of amides is 1. The fraction of sp³-hybridized carbons (Fsp3) is 0.182. The highest BCUT2D eigenvalue weighted by atomic mass is 16.5. The first-order valence-corrected chi connectivity index (χ1v) is 9.52. The molecule has 0 fully saturated rings. The number of rotatable bonds is 7. The summed E-state index contributed by atoms with van der Waals surface area (Å²) in [5.41, 5.74) is 3.89. The first kappa shape index (κ1) is 19.4. The van der Waals surface area contributed by atoms with E-state index in [1.165, 1.54) is 0 Å². The van der Waals surface area contributed by atoms with Gasteiger partial charge in [0, 0.05) is 31.5 Å². The minimum atomic E-state index is -0.262. The van der Waals surface area contributed by atoms with Crippen molar-refractivity contribution in [2.24, 2.45) is 0 Å². The van der Waals surface area contributed by atoms with Crippen molar-refractivity contribution in [2.75, 3.05) is 7.11 Å². The molecule has 8 nitrogen and oxygen atoms in total. The molecule has 0 radical (unpaired) electrons. The van der Waals surface area contributed by atoms with Gasteiger partial charge in [0.25, 0.3) is 5.91 Å². The van der Waals surface area contributed by atoms with E-state index in [4.69, 9.17) is 4.74 Å². The van der Waals surface area contributed by atoms with E-state index in [0.717, 1.165) is 23.4 Å². The summed E-state index contributed by atoms with van der Waals surface area (Å²) < 4.78 is 8.88. The Morgan fingerprint density at radius 3 is 2.77 bits per heavy atom. The van der Waals surface area contributed by atoms with E-state index in [-0.39, 0.29) is 5.91 Å². The van der Waals surface area contributed by atoms with Crippen molar-refractivity contribution in [3.63, 3.8) is 0 Å². The highest BCUT2D eigenvalue weighted by molar-refractivity contribution is 5.93. The first-order valence-electron chi connectivity index (χ1n) is 9.52. The minimum Gasteiger partial charge on any atom is -0.497 e. The minimum absolute atomic E-state index is 0.262. The van der Waals surface area contributed by atoms with Crippen molar-refractivity contribution in [3.05, 3.63) is 89.8 Å². The molecule has 2 aromatic carbocycles. The number of methoxy groups -OCH3 is 1. The molecule has 4 rings (SSSR count). The van der Waals surface area contributed by atoms with Gasteiger partial charge in [-0.1, -0.05) is 35.5 Å². The molecule has 0 unspecified atom stereocenters. The number of benzene rings is 2. The number of nitrogens with one attached hydrogen (secondary N) is 1. The largest absolute Gasteiger partial charge is 0.497 e. The summed E-state index contributed by atoms with van der Waals surface area (Å²) in [5.74, 6) is 0.450. The van der Waals surface area contributed by atoms with E-state index in [2.05, 4.69) is 32.7 Å². The predicted octanol–water partition coefficient (Wildman–Crippen LogP) is 2.76. The number of carbonyl (C=O) groups excluding carboxylic acids is 1. The SMILES string of the molecule is COc1cccc(-n2nnc(C(=O)NCc3cccc(Cn4ccnc4)c3)c2C)c1. The van der Waals surface area contributed by atoms with Gasteiger partial charge < -0.3 is 14.6 Å².